The van der Waals surface area contributed by atoms with E-state index in [2.05, 4.69) is 0 Å². The molecule has 0 saturated carbocycles. The Hall–Kier alpha value is -1.71. The molecule has 0 radical (unpaired) electrons. The molecule has 20 heavy (non-hydrogen) atoms. The number of ether oxygens (including phenoxy) is 2. The van der Waals surface area contributed by atoms with Crippen LogP contribution in [0.25, 0.3) is 0 Å². The number of halogens is 1. The van der Waals surface area contributed by atoms with Crippen molar-refractivity contribution in [3.63, 3.8) is 0 Å². The molecule has 2 N–H and O–H groups in total. The highest BCUT2D eigenvalue weighted by atomic mass is 35.5. The molecule has 0 aliphatic heterocycles. The van der Waals surface area contributed by atoms with Crippen molar-refractivity contribution in [2.75, 3.05) is 13.7 Å². The molecule has 2 aromatic rings. The Kier molecular flexibility index (Phi) is 4.88. The minimum atomic E-state index is -0.291. The molecule has 1 atom stereocenters. The van der Waals surface area contributed by atoms with E-state index < -0.39 is 0 Å². The number of nitrogens with two attached hydrogens (primary N) is 1. The van der Waals surface area contributed by atoms with E-state index in [1.165, 1.54) is 0 Å². The van der Waals surface area contributed by atoms with E-state index in [9.17, 15) is 0 Å². The average molecular weight is 292 g/mol. The van der Waals surface area contributed by atoms with Crippen molar-refractivity contribution in [1.29, 1.82) is 0 Å². The molecule has 106 valence electrons. The standard InChI is InChI=1S/C16H18ClNO2/c1-3-20-14-7-5-4-6-12(14)16(18)11-8-9-15(19-2)13(17)10-11/h4-10,16H,3,18H2,1-2H3. The SMILES string of the molecule is CCOc1ccccc1C(N)c1ccc(OC)c(Cl)c1. The van der Waals surface area contributed by atoms with Crippen molar-refractivity contribution in [2.45, 2.75) is 13.0 Å². The molecule has 0 amide bonds. The highest BCUT2D eigenvalue weighted by molar-refractivity contribution is 6.32. The van der Waals surface area contributed by atoms with Gasteiger partial charge in [0.05, 0.1) is 24.8 Å². The number of hydrogen-bond donors (Lipinski definition) is 1. The van der Waals surface area contributed by atoms with E-state index in [0.717, 1.165) is 16.9 Å². The van der Waals surface area contributed by atoms with Crippen LogP contribution in [0.15, 0.2) is 42.5 Å². The molecule has 0 aliphatic rings. The fraction of sp³-hybridized carbons (Fsp3) is 0.250. The number of rotatable bonds is 5. The summed E-state index contributed by atoms with van der Waals surface area (Å²) in [7, 11) is 1.59. The molecular formula is C16H18ClNO2. The summed E-state index contributed by atoms with van der Waals surface area (Å²) < 4.78 is 10.8. The largest absolute Gasteiger partial charge is 0.495 e. The summed E-state index contributed by atoms with van der Waals surface area (Å²) >= 11 is 6.15. The van der Waals surface area contributed by atoms with Crippen LogP contribution >= 0.6 is 11.6 Å². The molecule has 0 heterocycles. The highest BCUT2D eigenvalue weighted by Crippen LogP contribution is 2.32. The van der Waals surface area contributed by atoms with Gasteiger partial charge >= 0.3 is 0 Å². The van der Waals surface area contributed by atoms with Crippen molar-refractivity contribution in [2.24, 2.45) is 5.73 Å². The van der Waals surface area contributed by atoms with Crippen molar-refractivity contribution >= 4 is 11.6 Å². The van der Waals surface area contributed by atoms with Gasteiger partial charge in [0.2, 0.25) is 0 Å². The van der Waals surface area contributed by atoms with Gasteiger partial charge in [-0.1, -0.05) is 35.9 Å². The Bertz CT molecular complexity index is 586. The highest BCUT2D eigenvalue weighted by Gasteiger charge is 2.15. The van der Waals surface area contributed by atoms with Crippen LogP contribution < -0.4 is 15.2 Å². The van der Waals surface area contributed by atoms with Crippen molar-refractivity contribution in [1.82, 2.24) is 0 Å². The van der Waals surface area contributed by atoms with E-state index in [1.54, 1.807) is 7.11 Å². The molecular weight excluding hydrogens is 274 g/mol. The first-order valence-corrected chi connectivity index (χ1v) is 6.86. The molecule has 0 aromatic heterocycles. The van der Waals surface area contributed by atoms with Crippen LogP contribution in [0.1, 0.15) is 24.1 Å². The second kappa shape index (κ2) is 6.64. The topological polar surface area (TPSA) is 44.5 Å². The predicted molar refractivity (Wildman–Crippen MR) is 81.6 cm³/mol. The fourth-order valence-electron chi connectivity index (χ4n) is 2.08. The van der Waals surface area contributed by atoms with Crippen LogP contribution in [-0.2, 0) is 0 Å². The van der Waals surface area contributed by atoms with E-state index >= 15 is 0 Å². The van der Waals surface area contributed by atoms with Crippen LogP contribution in [0.5, 0.6) is 11.5 Å². The summed E-state index contributed by atoms with van der Waals surface area (Å²) in [4.78, 5) is 0. The number of para-hydroxylation sites is 1. The molecule has 0 fully saturated rings. The zero-order valence-corrected chi connectivity index (χ0v) is 12.4. The lowest BCUT2D eigenvalue weighted by Gasteiger charge is -2.17. The Labute approximate surface area is 124 Å². The van der Waals surface area contributed by atoms with Gasteiger partial charge in [-0.05, 0) is 30.7 Å². The Morgan fingerprint density at radius 3 is 2.55 bits per heavy atom. The molecule has 4 heteroatoms. The maximum absolute atomic E-state index is 6.33. The Balaban J connectivity index is 2.36. The lowest BCUT2D eigenvalue weighted by atomic mass is 9.98. The molecule has 2 rings (SSSR count). The van der Waals surface area contributed by atoms with Gasteiger partial charge in [0.1, 0.15) is 11.5 Å². The van der Waals surface area contributed by atoms with Crippen molar-refractivity contribution in [3.05, 3.63) is 58.6 Å². The first kappa shape index (κ1) is 14.7. The zero-order chi connectivity index (χ0) is 14.5. The van der Waals surface area contributed by atoms with Gasteiger partial charge in [0.25, 0.3) is 0 Å². The number of hydrogen-bond acceptors (Lipinski definition) is 3. The van der Waals surface area contributed by atoms with E-state index in [-0.39, 0.29) is 6.04 Å². The molecule has 0 saturated heterocycles. The zero-order valence-electron chi connectivity index (χ0n) is 11.6. The fourth-order valence-corrected chi connectivity index (χ4v) is 2.35. The van der Waals surface area contributed by atoms with Gasteiger partial charge in [-0.25, -0.2) is 0 Å². The van der Waals surface area contributed by atoms with Crippen molar-refractivity contribution < 1.29 is 9.47 Å². The van der Waals surface area contributed by atoms with E-state index in [1.807, 2.05) is 49.4 Å². The molecule has 0 spiro atoms. The van der Waals surface area contributed by atoms with Gasteiger partial charge < -0.3 is 15.2 Å². The summed E-state index contributed by atoms with van der Waals surface area (Å²) in [6, 6.07) is 13.0. The van der Waals surface area contributed by atoms with Gasteiger partial charge in [0, 0.05) is 5.56 Å². The molecule has 0 aliphatic carbocycles. The normalized spacial score (nSPS) is 12.0. The smallest absolute Gasteiger partial charge is 0.137 e. The lowest BCUT2D eigenvalue weighted by Crippen LogP contribution is -2.13. The van der Waals surface area contributed by atoms with E-state index in [4.69, 9.17) is 26.8 Å². The van der Waals surface area contributed by atoms with Gasteiger partial charge in [-0.2, -0.15) is 0 Å². The number of methoxy groups -OCH3 is 1. The summed E-state index contributed by atoms with van der Waals surface area (Å²) in [6.45, 7) is 2.56. The first-order chi connectivity index (χ1) is 9.67. The van der Waals surface area contributed by atoms with Crippen LogP contribution in [-0.4, -0.2) is 13.7 Å². The third-order valence-corrected chi connectivity index (χ3v) is 3.38. The third kappa shape index (κ3) is 3.06. The minimum absolute atomic E-state index is 0.291. The van der Waals surface area contributed by atoms with Crippen LogP contribution in [0, 0.1) is 0 Å². The second-order valence-electron chi connectivity index (χ2n) is 4.34. The summed E-state index contributed by atoms with van der Waals surface area (Å²) in [5.41, 5.74) is 8.19. The maximum atomic E-state index is 6.33. The molecule has 3 nitrogen and oxygen atoms in total. The Morgan fingerprint density at radius 2 is 1.90 bits per heavy atom. The molecule has 1 unspecified atom stereocenters. The minimum Gasteiger partial charge on any atom is -0.495 e. The summed E-state index contributed by atoms with van der Waals surface area (Å²) in [5, 5.41) is 0.550. The number of benzene rings is 2. The van der Waals surface area contributed by atoms with Crippen molar-refractivity contribution in [3.8, 4) is 11.5 Å². The quantitative estimate of drug-likeness (QED) is 0.911. The lowest BCUT2D eigenvalue weighted by molar-refractivity contribution is 0.335. The van der Waals surface area contributed by atoms with Crippen LogP contribution in [0.4, 0.5) is 0 Å². The molecule has 0 bridgehead atoms. The predicted octanol–water partition coefficient (Wildman–Crippen LogP) is 3.80. The van der Waals surface area contributed by atoms with E-state index in [0.29, 0.717) is 17.4 Å². The first-order valence-electron chi connectivity index (χ1n) is 6.48. The monoisotopic (exact) mass is 291 g/mol. The van der Waals surface area contributed by atoms with Gasteiger partial charge in [-0.15, -0.1) is 0 Å². The third-order valence-electron chi connectivity index (χ3n) is 3.09. The summed E-state index contributed by atoms with van der Waals surface area (Å²) in [6.07, 6.45) is 0. The van der Waals surface area contributed by atoms with Gasteiger partial charge in [-0.3, -0.25) is 0 Å². The second-order valence-corrected chi connectivity index (χ2v) is 4.75. The summed E-state index contributed by atoms with van der Waals surface area (Å²) in [5.74, 6) is 1.44. The molecule has 2 aromatic carbocycles. The van der Waals surface area contributed by atoms with Gasteiger partial charge in [0.15, 0.2) is 0 Å². The Morgan fingerprint density at radius 1 is 1.15 bits per heavy atom. The van der Waals surface area contributed by atoms with Crippen LogP contribution in [0.3, 0.4) is 0 Å². The maximum Gasteiger partial charge on any atom is 0.137 e. The average Bonchev–Trinajstić information content (AvgIpc) is 2.47. The van der Waals surface area contributed by atoms with Crippen LogP contribution in [0.2, 0.25) is 5.02 Å².